The average molecular weight is 379 g/mol. The van der Waals surface area contributed by atoms with Crippen molar-refractivity contribution in [3.8, 4) is 0 Å². The molecule has 1 atom stereocenters. The Hall–Kier alpha value is -1.02. The topological polar surface area (TPSA) is 60.3 Å². The molecule has 0 aliphatic carbocycles. The number of benzene rings is 1. The molecule has 136 valence electrons. The number of thiazole rings is 1. The van der Waals surface area contributed by atoms with Crippen molar-refractivity contribution in [3.05, 3.63) is 29.3 Å². The molecular formula is C18H26N4OS2. The minimum Gasteiger partial charge on any atom is -0.298 e. The van der Waals surface area contributed by atoms with E-state index in [2.05, 4.69) is 39.9 Å². The van der Waals surface area contributed by atoms with E-state index in [-0.39, 0.29) is 0 Å². The summed E-state index contributed by atoms with van der Waals surface area (Å²) in [5, 5.41) is 0. The second kappa shape index (κ2) is 6.95. The second-order valence-corrected chi connectivity index (χ2v) is 10.6. The molecule has 3 heterocycles. The fourth-order valence-corrected chi connectivity index (χ4v) is 6.01. The van der Waals surface area contributed by atoms with Crippen molar-refractivity contribution in [3.63, 3.8) is 0 Å². The average Bonchev–Trinajstić information content (AvgIpc) is 3.09. The molecule has 0 amide bonds. The van der Waals surface area contributed by atoms with Gasteiger partial charge in [-0.2, -0.15) is 0 Å². The molecule has 2 saturated heterocycles. The van der Waals surface area contributed by atoms with E-state index in [1.54, 1.807) is 11.3 Å². The first-order valence-corrected chi connectivity index (χ1v) is 11.8. The van der Waals surface area contributed by atoms with E-state index in [1.807, 2.05) is 5.51 Å². The summed E-state index contributed by atoms with van der Waals surface area (Å²) in [6.45, 7) is 6.18. The Morgan fingerprint density at radius 2 is 1.96 bits per heavy atom. The lowest BCUT2D eigenvalue weighted by atomic mass is 9.99. The van der Waals surface area contributed by atoms with Gasteiger partial charge in [0, 0.05) is 59.5 Å². The first-order chi connectivity index (χ1) is 12.0. The van der Waals surface area contributed by atoms with Crippen LogP contribution in [0.4, 0.5) is 0 Å². The molecule has 2 aliphatic heterocycles. The highest BCUT2D eigenvalue weighted by Gasteiger charge is 2.30. The minimum atomic E-state index is -2.28. The number of piperidine rings is 1. The van der Waals surface area contributed by atoms with Crippen LogP contribution >= 0.6 is 11.3 Å². The first-order valence-electron chi connectivity index (χ1n) is 9.07. The van der Waals surface area contributed by atoms with Crippen LogP contribution in [0.1, 0.15) is 31.4 Å². The normalized spacial score (nSPS) is 24.5. The fourth-order valence-electron chi connectivity index (χ4n) is 4.09. The molecule has 2 fully saturated rings. The van der Waals surface area contributed by atoms with E-state index >= 15 is 0 Å². The molecule has 4 rings (SSSR count). The lowest BCUT2D eigenvalue weighted by Gasteiger charge is -2.42. The maximum Gasteiger partial charge on any atom is 0.0815 e. The zero-order valence-electron chi connectivity index (χ0n) is 14.7. The van der Waals surface area contributed by atoms with E-state index in [4.69, 9.17) is 4.78 Å². The van der Waals surface area contributed by atoms with Gasteiger partial charge in [0.1, 0.15) is 0 Å². The van der Waals surface area contributed by atoms with Crippen molar-refractivity contribution in [2.75, 3.05) is 37.7 Å². The quantitative estimate of drug-likeness (QED) is 0.891. The zero-order chi connectivity index (χ0) is 17.4. The predicted molar refractivity (Wildman–Crippen MR) is 105 cm³/mol. The number of fused-ring (bicyclic) bond motifs is 1. The summed E-state index contributed by atoms with van der Waals surface area (Å²) in [5.74, 6) is 1.11. The summed E-state index contributed by atoms with van der Waals surface area (Å²) in [6.07, 6.45) is 2.34. The van der Waals surface area contributed by atoms with Crippen LogP contribution in [0.15, 0.2) is 23.7 Å². The monoisotopic (exact) mass is 378 g/mol. The molecule has 1 aromatic heterocycles. The third-order valence-electron chi connectivity index (χ3n) is 5.82. The maximum atomic E-state index is 11.8. The summed E-state index contributed by atoms with van der Waals surface area (Å²) >= 11 is 1.70. The van der Waals surface area contributed by atoms with Gasteiger partial charge in [-0.25, -0.2) is 9.19 Å². The Bertz CT molecular complexity index is 826. The first kappa shape index (κ1) is 17.4. The van der Waals surface area contributed by atoms with Crippen molar-refractivity contribution in [1.29, 1.82) is 4.78 Å². The Balaban J connectivity index is 1.36. The van der Waals surface area contributed by atoms with Crippen LogP contribution in [-0.4, -0.2) is 62.7 Å². The lowest BCUT2D eigenvalue weighted by molar-refractivity contribution is 0.0931. The molecule has 1 aromatic carbocycles. The van der Waals surface area contributed by atoms with E-state index in [1.165, 1.54) is 23.1 Å². The van der Waals surface area contributed by atoms with Gasteiger partial charge in [0.05, 0.1) is 15.7 Å². The number of hydrogen-bond acceptors (Lipinski definition) is 6. The molecule has 0 saturated carbocycles. The van der Waals surface area contributed by atoms with Crippen molar-refractivity contribution < 1.29 is 4.21 Å². The van der Waals surface area contributed by atoms with Gasteiger partial charge >= 0.3 is 0 Å². The van der Waals surface area contributed by atoms with Gasteiger partial charge in [0.15, 0.2) is 0 Å². The van der Waals surface area contributed by atoms with Crippen molar-refractivity contribution >= 4 is 31.3 Å². The molecule has 0 spiro atoms. The van der Waals surface area contributed by atoms with Gasteiger partial charge in [0.2, 0.25) is 0 Å². The number of likely N-dealkylation sites (tertiary alicyclic amines) is 1. The van der Waals surface area contributed by atoms with Crippen molar-refractivity contribution in [2.24, 2.45) is 0 Å². The molecular weight excluding hydrogens is 352 g/mol. The fraction of sp³-hybridized carbons (Fsp3) is 0.611. The predicted octanol–water partition coefficient (Wildman–Crippen LogP) is 3.18. The van der Waals surface area contributed by atoms with Crippen LogP contribution < -0.4 is 0 Å². The van der Waals surface area contributed by atoms with Gasteiger partial charge in [-0.15, -0.1) is 11.3 Å². The van der Waals surface area contributed by atoms with Crippen LogP contribution in [-0.2, 0) is 9.73 Å². The van der Waals surface area contributed by atoms with Crippen LogP contribution in [0.3, 0.4) is 0 Å². The van der Waals surface area contributed by atoms with Crippen LogP contribution in [0.25, 0.3) is 10.2 Å². The molecule has 2 aliphatic rings. The number of aromatic nitrogens is 1. The maximum absolute atomic E-state index is 11.8. The SMILES string of the molecule is CC(c1ccc2scnc2c1)N1CCC(N2CCS(=N)(=O)CC2)CC1. The molecule has 7 heteroatoms. The van der Waals surface area contributed by atoms with Crippen LogP contribution in [0.2, 0.25) is 0 Å². The highest BCUT2D eigenvalue weighted by atomic mass is 32.2. The van der Waals surface area contributed by atoms with Crippen molar-refractivity contribution in [2.45, 2.75) is 31.8 Å². The molecule has 5 nitrogen and oxygen atoms in total. The summed E-state index contributed by atoms with van der Waals surface area (Å²) in [6, 6.07) is 7.68. The third-order valence-corrected chi connectivity index (χ3v) is 8.31. The highest BCUT2D eigenvalue weighted by Crippen LogP contribution is 2.29. The van der Waals surface area contributed by atoms with Gasteiger partial charge in [0.25, 0.3) is 0 Å². The number of hydrogen-bond donors (Lipinski definition) is 1. The Morgan fingerprint density at radius 3 is 2.68 bits per heavy atom. The molecule has 1 N–H and O–H groups in total. The number of nitrogens with one attached hydrogen (secondary N) is 1. The van der Waals surface area contributed by atoms with Crippen LogP contribution in [0, 0.1) is 4.78 Å². The van der Waals surface area contributed by atoms with Crippen molar-refractivity contribution in [1.82, 2.24) is 14.8 Å². The Morgan fingerprint density at radius 1 is 1.24 bits per heavy atom. The van der Waals surface area contributed by atoms with E-state index in [9.17, 15) is 4.21 Å². The van der Waals surface area contributed by atoms with Gasteiger partial charge < -0.3 is 0 Å². The summed E-state index contributed by atoms with van der Waals surface area (Å²) in [4.78, 5) is 9.49. The van der Waals surface area contributed by atoms with E-state index in [0.29, 0.717) is 23.6 Å². The molecule has 2 aromatic rings. The zero-order valence-corrected chi connectivity index (χ0v) is 16.3. The standard InChI is InChI=1S/C18H26N4OS2/c1-14(15-2-3-18-17(12-15)20-13-24-18)21-6-4-16(5-7-21)22-8-10-25(19,23)11-9-22/h2-3,12-14,16,19H,4-11H2,1H3. The number of nitrogens with zero attached hydrogens (tertiary/aromatic N) is 3. The van der Waals surface area contributed by atoms with Gasteiger partial charge in [-0.3, -0.25) is 14.6 Å². The Kier molecular flexibility index (Phi) is 4.83. The third kappa shape index (κ3) is 3.74. The highest BCUT2D eigenvalue weighted by molar-refractivity contribution is 7.92. The van der Waals surface area contributed by atoms with Gasteiger partial charge in [-0.1, -0.05) is 6.07 Å². The molecule has 0 bridgehead atoms. The summed E-state index contributed by atoms with van der Waals surface area (Å²) in [5.41, 5.74) is 4.37. The van der Waals surface area contributed by atoms with E-state index in [0.717, 1.165) is 31.7 Å². The number of rotatable bonds is 3. The largest absolute Gasteiger partial charge is 0.298 e. The molecule has 1 unspecified atom stereocenters. The summed E-state index contributed by atoms with van der Waals surface area (Å²) in [7, 11) is -2.28. The summed E-state index contributed by atoms with van der Waals surface area (Å²) < 4.78 is 20.8. The lowest BCUT2D eigenvalue weighted by Crippen LogP contribution is -2.50. The van der Waals surface area contributed by atoms with E-state index < -0.39 is 9.73 Å². The van der Waals surface area contributed by atoms with Gasteiger partial charge in [-0.05, 0) is 37.5 Å². The Labute approximate surface area is 154 Å². The second-order valence-electron chi connectivity index (χ2n) is 7.28. The minimum absolute atomic E-state index is 0.417. The van der Waals surface area contributed by atoms with Crippen LogP contribution in [0.5, 0.6) is 0 Å². The molecule has 0 radical (unpaired) electrons. The molecule has 25 heavy (non-hydrogen) atoms. The smallest absolute Gasteiger partial charge is 0.0815 e.